The third-order valence-electron chi connectivity index (χ3n) is 3.81. The molecule has 5 heteroatoms. The van der Waals surface area contributed by atoms with Crippen LogP contribution < -0.4 is 0 Å². The SMILES string of the molecule is C=Nc1nc2ccccc2c2c1nc(C(C)OCCC)n2C. The number of nitrogens with zero attached hydrogens (tertiary/aromatic N) is 4. The van der Waals surface area contributed by atoms with E-state index >= 15 is 0 Å². The first-order valence-electron chi connectivity index (χ1n) is 7.50. The molecule has 0 aliphatic heterocycles. The van der Waals surface area contributed by atoms with Gasteiger partial charge in [0.1, 0.15) is 17.4 Å². The number of hydrogen-bond acceptors (Lipinski definition) is 4. The molecule has 1 unspecified atom stereocenters. The first-order chi connectivity index (χ1) is 10.7. The van der Waals surface area contributed by atoms with Crippen molar-refractivity contribution in [2.24, 2.45) is 12.0 Å². The van der Waals surface area contributed by atoms with E-state index in [2.05, 4.69) is 34.3 Å². The summed E-state index contributed by atoms with van der Waals surface area (Å²) in [6.45, 7) is 8.46. The Hall–Kier alpha value is -2.27. The Bertz CT molecular complexity index is 837. The number of benzene rings is 1. The van der Waals surface area contributed by atoms with Crippen LogP contribution in [-0.2, 0) is 11.8 Å². The van der Waals surface area contributed by atoms with Gasteiger partial charge in [0.2, 0.25) is 0 Å². The topological polar surface area (TPSA) is 52.3 Å². The smallest absolute Gasteiger partial charge is 0.180 e. The van der Waals surface area contributed by atoms with Gasteiger partial charge in [-0.1, -0.05) is 25.1 Å². The fraction of sp³-hybridized carbons (Fsp3) is 0.353. The average molecular weight is 296 g/mol. The summed E-state index contributed by atoms with van der Waals surface area (Å²) in [5.74, 6) is 1.45. The molecule has 0 saturated carbocycles. The number of rotatable bonds is 5. The number of para-hydroxylation sites is 1. The van der Waals surface area contributed by atoms with E-state index in [9.17, 15) is 0 Å². The van der Waals surface area contributed by atoms with Crippen LogP contribution in [0, 0.1) is 0 Å². The zero-order chi connectivity index (χ0) is 15.7. The third kappa shape index (κ3) is 2.27. The van der Waals surface area contributed by atoms with E-state index in [0.717, 1.165) is 40.8 Å². The van der Waals surface area contributed by atoms with E-state index in [1.165, 1.54) is 0 Å². The lowest BCUT2D eigenvalue weighted by molar-refractivity contribution is 0.0588. The standard InChI is InChI=1S/C17H20N4O/c1-5-10-22-11(2)17-20-14-15(21(17)4)12-8-6-7-9-13(12)19-16(14)18-3/h6-9,11H,3,5,10H2,1-2,4H3. The summed E-state index contributed by atoms with van der Waals surface area (Å²) in [5.41, 5.74) is 2.70. The highest BCUT2D eigenvalue weighted by atomic mass is 16.5. The molecule has 22 heavy (non-hydrogen) atoms. The molecule has 0 amide bonds. The third-order valence-corrected chi connectivity index (χ3v) is 3.81. The number of aryl methyl sites for hydroxylation is 1. The van der Waals surface area contributed by atoms with Crippen LogP contribution >= 0.6 is 0 Å². The van der Waals surface area contributed by atoms with Crippen molar-refractivity contribution in [2.45, 2.75) is 26.4 Å². The predicted molar refractivity (Wildman–Crippen MR) is 89.9 cm³/mol. The van der Waals surface area contributed by atoms with Gasteiger partial charge in [0.25, 0.3) is 0 Å². The second-order valence-electron chi connectivity index (χ2n) is 5.35. The van der Waals surface area contributed by atoms with E-state index in [1.807, 2.05) is 32.2 Å². The maximum Gasteiger partial charge on any atom is 0.180 e. The van der Waals surface area contributed by atoms with Crippen molar-refractivity contribution in [1.29, 1.82) is 0 Å². The highest BCUT2D eigenvalue weighted by Crippen LogP contribution is 2.32. The monoisotopic (exact) mass is 296 g/mol. The minimum absolute atomic E-state index is 0.0752. The number of hydrogen-bond donors (Lipinski definition) is 0. The number of pyridine rings is 1. The van der Waals surface area contributed by atoms with Crippen molar-refractivity contribution in [3.05, 3.63) is 30.1 Å². The predicted octanol–water partition coefficient (Wildman–Crippen LogP) is 3.94. The highest BCUT2D eigenvalue weighted by molar-refractivity contribution is 6.06. The van der Waals surface area contributed by atoms with Crippen LogP contribution in [0.5, 0.6) is 0 Å². The van der Waals surface area contributed by atoms with Gasteiger partial charge in [-0.05, 0) is 26.1 Å². The van der Waals surface area contributed by atoms with Gasteiger partial charge in [0, 0.05) is 19.0 Å². The summed E-state index contributed by atoms with van der Waals surface area (Å²) < 4.78 is 7.90. The summed E-state index contributed by atoms with van der Waals surface area (Å²) in [6.07, 6.45) is 0.909. The normalized spacial score (nSPS) is 12.9. The van der Waals surface area contributed by atoms with Crippen LogP contribution in [0.3, 0.4) is 0 Å². The molecule has 0 radical (unpaired) electrons. The summed E-state index contributed by atoms with van der Waals surface area (Å²) in [7, 11) is 2.01. The number of ether oxygens (including phenoxy) is 1. The quantitative estimate of drug-likeness (QED) is 0.670. The van der Waals surface area contributed by atoms with Crippen LogP contribution in [0.15, 0.2) is 29.3 Å². The molecule has 0 fully saturated rings. The molecule has 0 saturated heterocycles. The molecule has 1 atom stereocenters. The van der Waals surface area contributed by atoms with E-state index in [4.69, 9.17) is 9.72 Å². The van der Waals surface area contributed by atoms with Crippen LogP contribution in [-0.4, -0.2) is 27.9 Å². The molecular formula is C17H20N4O. The van der Waals surface area contributed by atoms with Crippen LogP contribution in [0.4, 0.5) is 5.82 Å². The summed E-state index contributed by atoms with van der Waals surface area (Å²) >= 11 is 0. The Morgan fingerprint density at radius 2 is 2.09 bits per heavy atom. The fourth-order valence-electron chi connectivity index (χ4n) is 2.76. The average Bonchev–Trinajstić information content (AvgIpc) is 2.90. The Morgan fingerprint density at radius 3 is 2.82 bits per heavy atom. The molecule has 0 aliphatic rings. The molecule has 1 aromatic carbocycles. The fourth-order valence-corrected chi connectivity index (χ4v) is 2.76. The number of aromatic nitrogens is 3. The minimum atomic E-state index is -0.0752. The molecule has 3 rings (SSSR count). The van der Waals surface area contributed by atoms with Crippen LogP contribution in [0.1, 0.15) is 32.2 Å². The van der Waals surface area contributed by atoms with Gasteiger partial charge in [-0.3, -0.25) is 0 Å². The molecule has 0 bridgehead atoms. The first kappa shape index (κ1) is 14.7. The lowest BCUT2D eigenvalue weighted by Gasteiger charge is -2.12. The maximum absolute atomic E-state index is 5.82. The molecule has 2 heterocycles. The van der Waals surface area contributed by atoms with E-state index < -0.39 is 0 Å². The summed E-state index contributed by atoms with van der Waals surface area (Å²) in [6, 6.07) is 8.01. The van der Waals surface area contributed by atoms with Crippen molar-refractivity contribution >= 4 is 34.5 Å². The largest absolute Gasteiger partial charge is 0.371 e. The van der Waals surface area contributed by atoms with Gasteiger partial charge in [-0.25, -0.2) is 15.0 Å². The van der Waals surface area contributed by atoms with E-state index in [-0.39, 0.29) is 6.10 Å². The van der Waals surface area contributed by atoms with Crippen LogP contribution in [0.2, 0.25) is 0 Å². The highest BCUT2D eigenvalue weighted by Gasteiger charge is 2.19. The van der Waals surface area contributed by atoms with Gasteiger partial charge < -0.3 is 9.30 Å². The molecule has 0 aliphatic carbocycles. The Morgan fingerprint density at radius 1 is 1.32 bits per heavy atom. The first-order valence-corrected chi connectivity index (χ1v) is 7.50. The molecule has 3 aromatic rings. The number of aliphatic imine (C=N–C) groups is 1. The van der Waals surface area contributed by atoms with Gasteiger partial charge in [0.05, 0.1) is 11.0 Å². The van der Waals surface area contributed by atoms with E-state index in [0.29, 0.717) is 5.82 Å². The molecule has 0 N–H and O–H groups in total. The zero-order valence-electron chi connectivity index (χ0n) is 13.2. The lowest BCUT2D eigenvalue weighted by atomic mass is 10.2. The lowest BCUT2D eigenvalue weighted by Crippen LogP contribution is -2.07. The molecular weight excluding hydrogens is 276 g/mol. The Balaban J connectivity index is 2.28. The summed E-state index contributed by atoms with van der Waals surface area (Å²) in [4.78, 5) is 13.3. The molecule has 2 aromatic heterocycles. The van der Waals surface area contributed by atoms with Crippen molar-refractivity contribution < 1.29 is 4.74 Å². The maximum atomic E-state index is 5.82. The van der Waals surface area contributed by atoms with Gasteiger partial charge in [-0.2, -0.15) is 0 Å². The Kier molecular flexibility index (Phi) is 3.90. The van der Waals surface area contributed by atoms with Crippen molar-refractivity contribution in [3.63, 3.8) is 0 Å². The van der Waals surface area contributed by atoms with E-state index in [1.54, 1.807) is 0 Å². The summed E-state index contributed by atoms with van der Waals surface area (Å²) in [5, 5.41) is 1.06. The van der Waals surface area contributed by atoms with Crippen LogP contribution in [0.25, 0.3) is 21.9 Å². The van der Waals surface area contributed by atoms with Gasteiger partial charge in [0.15, 0.2) is 5.82 Å². The number of imidazole rings is 1. The molecule has 114 valence electrons. The second-order valence-corrected chi connectivity index (χ2v) is 5.35. The Labute approximate surface area is 129 Å². The molecule has 0 spiro atoms. The number of fused-ring (bicyclic) bond motifs is 3. The van der Waals surface area contributed by atoms with Gasteiger partial charge in [-0.15, -0.1) is 0 Å². The van der Waals surface area contributed by atoms with Gasteiger partial charge >= 0.3 is 0 Å². The molecule has 5 nitrogen and oxygen atoms in total. The zero-order valence-corrected chi connectivity index (χ0v) is 13.2. The minimum Gasteiger partial charge on any atom is -0.371 e. The second kappa shape index (κ2) is 5.85. The van der Waals surface area contributed by atoms with Crippen molar-refractivity contribution in [3.8, 4) is 0 Å². The van der Waals surface area contributed by atoms with Crippen molar-refractivity contribution in [2.75, 3.05) is 6.61 Å². The van der Waals surface area contributed by atoms with Crippen molar-refractivity contribution in [1.82, 2.24) is 14.5 Å².